The zero-order valence-electron chi connectivity index (χ0n) is 15.1. The highest BCUT2D eigenvalue weighted by Crippen LogP contribution is 2.15. The fraction of sp³-hybridized carbons (Fsp3) is 0.500. The van der Waals surface area contributed by atoms with Gasteiger partial charge in [0.15, 0.2) is 0 Å². The summed E-state index contributed by atoms with van der Waals surface area (Å²) in [4.78, 5) is 27.0. The van der Waals surface area contributed by atoms with E-state index in [0.29, 0.717) is 23.5 Å². The predicted octanol–water partition coefficient (Wildman–Crippen LogP) is 1.84. The summed E-state index contributed by atoms with van der Waals surface area (Å²) in [7, 11) is 0. The van der Waals surface area contributed by atoms with Gasteiger partial charge in [-0.05, 0) is 38.3 Å². The van der Waals surface area contributed by atoms with Crippen molar-refractivity contribution in [1.82, 2.24) is 20.1 Å². The predicted molar refractivity (Wildman–Crippen MR) is 98.2 cm³/mol. The molecule has 7 nitrogen and oxygen atoms in total. The lowest BCUT2D eigenvalue weighted by atomic mass is 10.0. The Kier molecular flexibility index (Phi) is 6.14. The van der Waals surface area contributed by atoms with Gasteiger partial charge in [-0.2, -0.15) is 5.10 Å². The molecule has 136 valence electrons. The van der Waals surface area contributed by atoms with Crippen LogP contribution in [0.2, 0.25) is 0 Å². The maximum Gasteiger partial charge on any atom is 0.256 e. The van der Waals surface area contributed by atoms with Crippen LogP contribution in [-0.4, -0.2) is 38.4 Å². The molecule has 2 rings (SSSR count). The van der Waals surface area contributed by atoms with Crippen LogP contribution in [0.1, 0.15) is 45.7 Å². The zero-order chi connectivity index (χ0) is 18.6. The standard InChI is InChI=1S/C18H26N4O3/c1-11(2)7-15(10-23)20-16(24)6-5-13-8-14-9-19-22(12(3)4)17(14)21-18(13)25/h5-6,8-9,11-12,15,23H,7,10H2,1-4H3,(H,20,24)(H,21,25)/b6-5+. The van der Waals surface area contributed by atoms with Crippen molar-refractivity contribution in [3.8, 4) is 0 Å². The molecule has 0 aliphatic heterocycles. The number of aliphatic hydroxyl groups excluding tert-OH is 1. The molecular weight excluding hydrogens is 320 g/mol. The maximum atomic E-state index is 12.2. The second-order valence-corrected chi connectivity index (χ2v) is 6.89. The highest BCUT2D eigenvalue weighted by molar-refractivity contribution is 5.92. The van der Waals surface area contributed by atoms with Crippen molar-refractivity contribution in [2.24, 2.45) is 5.92 Å². The number of nitrogens with zero attached hydrogens (tertiary/aromatic N) is 2. The molecule has 0 saturated heterocycles. The van der Waals surface area contributed by atoms with Crippen molar-refractivity contribution in [3.63, 3.8) is 0 Å². The number of hydrogen-bond acceptors (Lipinski definition) is 4. The smallest absolute Gasteiger partial charge is 0.256 e. The number of carbonyl (C=O) groups is 1. The molecule has 0 spiro atoms. The SMILES string of the molecule is CC(C)CC(CO)NC(=O)/C=C/c1cc2cnn(C(C)C)c2[nH]c1=O. The lowest BCUT2D eigenvalue weighted by Gasteiger charge is -2.17. The van der Waals surface area contributed by atoms with E-state index in [0.717, 1.165) is 5.39 Å². The number of H-pyrrole nitrogens is 1. The molecule has 0 aliphatic carbocycles. The number of aromatic amines is 1. The largest absolute Gasteiger partial charge is 0.394 e. The molecule has 2 heterocycles. The summed E-state index contributed by atoms with van der Waals surface area (Å²) in [5.41, 5.74) is 0.772. The zero-order valence-corrected chi connectivity index (χ0v) is 15.1. The van der Waals surface area contributed by atoms with Crippen LogP contribution in [0.15, 0.2) is 23.1 Å². The van der Waals surface area contributed by atoms with Crippen LogP contribution in [-0.2, 0) is 4.79 Å². The fourth-order valence-corrected chi connectivity index (χ4v) is 2.70. The summed E-state index contributed by atoms with van der Waals surface area (Å²) in [5, 5.41) is 17.1. The van der Waals surface area contributed by atoms with Gasteiger partial charge < -0.3 is 15.4 Å². The molecule has 1 unspecified atom stereocenters. The Morgan fingerprint density at radius 2 is 2.12 bits per heavy atom. The van der Waals surface area contributed by atoms with Gasteiger partial charge in [0.1, 0.15) is 5.65 Å². The molecule has 2 aromatic rings. The minimum absolute atomic E-state index is 0.112. The van der Waals surface area contributed by atoms with Crippen molar-refractivity contribution in [2.45, 2.75) is 46.2 Å². The molecule has 0 fully saturated rings. The average Bonchev–Trinajstić information content (AvgIpc) is 2.94. The van der Waals surface area contributed by atoms with Gasteiger partial charge in [-0.1, -0.05) is 13.8 Å². The number of fused-ring (bicyclic) bond motifs is 1. The van der Waals surface area contributed by atoms with E-state index in [1.54, 1.807) is 16.9 Å². The Morgan fingerprint density at radius 1 is 1.40 bits per heavy atom. The lowest BCUT2D eigenvalue weighted by Crippen LogP contribution is -2.37. The summed E-state index contributed by atoms with van der Waals surface area (Å²) in [6.45, 7) is 7.90. The highest BCUT2D eigenvalue weighted by atomic mass is 16.3. The van der Waals surface area contributed by atoms with Gasteiger partial charge in [0.2, 0.25) is 5.91 Å². The van der Waals surface area contributed by atoms with Crippen LogP contribution in [0.5, 0.6) is 0 Å². The molecule has 2 aromatic heterocycles. The lowest BCUT2D eigenvalue weighted by molar-refractivity contribution is -0.117. The monoisotopic (exact) mass is 346 g/mol. The summed E-state index contributed by atoms with van der Waals surface area (Å²) < 4.78 is 1.74. The third kappa shape index (κ3) is 4.79. The Hall–Kier alpha value is -2.41. The third-order valence-corrected chi connectivity index (χ3v) is 3.85. The Bertz CT molecular complexity index is 817. The third-order valence-electron chi connectivity index (χ3n) is 3.85. The molecule has 0 radical (unpaired) electrons. The number of aromatic nitrogens is 3. The van der Waals surface area contributed by atoms with Crippen LogP contribution < -0.4 is 10.9 Å². The van der Waals surface area contributed by atoms with Crippen molar-refractivity contribution >= 4 is 23.0 Å². The van der Waals surface area contributed by atoms with Gasteiger partial charge in [-0.3, -0.25) is 9.59 Å². The van der Waals surface area contributed by atoms with E-state index in [9.17, 15) is 14.7 Å². The molecular formula is C18H26N4O3. The topological polar surface area (TPSA) is 100 Å². The van der Waals surface area contributed by atoms with E-state index in [1.165, 1.54) is 12.2 Å². The molecule has 1 amide bonds. The minimum Gasteiger partial charge on any atom is -0.394 e. The van der Waals surface area contributed by atoms with Crippen molar-refractivity contribution in [2.75, 3.05) is 6.61 Å². The minimum atomic E-state index is -0.336. The van der Waals surface area contributed by atoms with Crippen molar-refractivity contribution in [1.29, 1.82) is 0 Å². The van der Waals surface area contributed by atoms with Gasteiger partial charge in [-0.15, -0.1) is 0 Å². The first-order valence-electron chi connectivity index (χ1n) is 8.51. The average molecular weight is 346 g/mol. The van der Waals surface area contributed by atoms with Gasteiger partial charge in [0.25, 0.3) is 5.56 Å². The summed E-state index contributed by atoms with van der Waals surface area (Å²) >= 11 is 0. The van der Waals surface area contributed by atoms with Crippen LogP contribution in [0, 0.1) is 5.92 Å². The van der Waals surface area contributed by atoms with E-state index in [-0.39, 0.29) is 30.2 Å². The number of nitrogens with one attached hydrogen (secondary N) is 2. The van der Waals surface area contributed by atoms with Gasteiger partial charge >= 0.3 is 0 Å². The number of aliphatic hydroxyl groups is 1. The van der Waals surface area contributed by atoms with E-state index < -0.39 is 0 Å². The van der Waals surface area contributed by atoms with Crippen LogP contribution >= 0.6 is 0 Å². The highest BCUT2D eigenvalue weighted by Gasteiger charge is 2.12. The summed E-state index contributed by atoms with van der Waals surface area (Å²) in [6, 6.07) is 1.56. The van der Waals surface area contributed by atoms with Crippen molar-refractivity contribution < 1.29 is 9.90 Å². The van der Waals surface area contributed by atoms with Gasteiger partial charge in [-0.25, -0.2) is 4.68 Å². The number of hydrogen-bond donors (Lipinski definition) is 3. The maximum absolute atomic E-state index is 12.2. The van der Waals surface area contributed by atoms with Gasteiger partial charge in [0, 0.05) is 23.1 Å². The van der Waals surface area contributed by atoms with Crippen LogP contribution in [0.25, 0.3) is 17.1 Å². The molecule has 1 atom stereocenters. The van der Waals surface area contributed by atoms with E-state index in [1.807, 2.05) is 27.7 Å². The van der Waals surface area contributed by atoms with E-state index >= 15 is 0 Å². The summed E-state index contributed by atoms with van der Waals surface area (Å²) in [6.07, 6.45) is 5.17. The van der Waals surface area contributed by atoms with Crippen LogP contribution in [0.3, 0.4) is 0 Å². The molecule has 3 N–H and O–H groups in total. The second-order valence-electron chi connectivity index (χ2n) is 6.89. The summed E-state index contributed by atoms with van der Waals surface area (Å²) in [5.74, 6) is 0.0289. The van der Waals surface area contributed by atoms with Gasteiger partial charge in [0.05, 0.1) is 18.8 Å². The quantitative estimate of drug-likeness (QED) is 0.666. The molecule has 0 bridgehead atoms. The normalized spacial score (nSPS) is 13.2. The number of pyridine rings is 1. The molecule has 0 saturated carbocycles. The molecule has 7 heteroatoms. The fourth-order valence-electron chi connectivity index (χ4n) is 2.70. The Balaban J connectivity index is 2.16. The van der Waals surface area contributed by atoms with E-state index in [4.69, 9.17) is 0 Å². The molecule has 0 aliphatic rings. The number of rotatable bonds is 7. The number of carbonyl (C=O) groups excluding carboxylic acids is 1. The molecule has 25 heavy (non-hydrogen) atoms. The Morgan fingerprint density at radius 3 is 2.72 bits per heavy atom. The molecule has 0 aromatic carbocycles. The second kappa shape index (κ2) is 8.11. The van der Waals surface area contributed by atoms with Crippen molar-refractivity contribution in [3.05, 3.63) is 34.3 Å². The first kappa shape index (κ1) is 18.9. The Labute approximate surface area is 146 Å². The number of amides is 1. The van der Waals surface area contributed by atoms with Crippen LogP contribution in [0.4, 0.5) is 0 Å². The van der Waals surface area contributed by atoms with E-state index in [2.05, 4.69) is 15.4 Å². The first-order valence-corrected chi connectivity index (χ1v) is 8.51. The first-order chi connectivity index (χ1) is 11.8.